The minimum Gasteiger partial charge on any atom is -0.444 e. The Morgan fingerprint density at radius 1 is 1.32 bits per heavy atom. The van der Waals surface area contributed by atoms with Crippen molar-refractivity contribution in [2.75, 3.05) is 19.8 Å². The Hall–Kier alpha value is -0.810. The maximum Gasteiger partial charge on any atom is 0.410 e. The molecular weight excluding hydrogens is 280 g/mol. The Kier molecular flexibility index (Phi) is 6.09. The molecule has 0 bridgehead atoms. The molecule has 0 radical (unpaired) electrons. The topological polar surface area (TPSA) is 64.8 Å². The Balaban J connectivity index is 1.94. The molecule has 2 N–H and O–H groups in total. The number of ether oxygens (including phenoxy) is 2. The van der Waals surface area contributed by atoms with E-state index in [1.165, 1.54) is 32.1 Å². The summed E-state index contributed by atoms with van der Waals surface area (Å²) in [6, 6.07) is -0.0959. The van der Waals surface area contributed by atoms with Crippen LogP contribution in [0.3, 0.4) is 0 Å². The summed E-state index contributed by atoms with van der Waals surface area (Å²) in [7, 11) is 0. The Morgan fingerprint density at radius 3 is 2.64 bits per heavy atom. The van der Waals surface area contributed by atoms with Gasteiger partial charge in [0.05, 0.1) is 19.3 Å². The molecular formula is C17H32N2O3. The van der Waals surface area contributed by atoms with Gasteiger partial charge < -0.3 is 15.2 Å². The third-order valence-corrected chi connectivity index (χ3v) is 4.62. The van der Waals surface area contributed by atoms with Crippen molar-refractivity contribution >= 4 is 6.09 Å². The largest absolute Gasteiger partial charge is 0.444 e. The van der Waals surface area contributed by atoms with Crippen LogP contribution in [0.1, 0.15) is 59.3 Å². The average Bonchev–Trinajstić information content (AvgIpc) is 2.46. The highest BCUT2D eigenvalue weighted by molar-refractivity contribution is 5.68. The van der Waals surface area contributed by atoms with Crippen LogP contribution in [0.5, 0.6) is 0 Å². The van der Waals surface area contributed by atoms with Gasteiger partial charge in [-0.05, 0) is 33.1 Å². The van der Waals surface area contributed by atoms with Gasteiger partial charge in [-0.15, -0.1) is 0 Å². The predicted molar refractivity (Wildman–Crippen MR) is 86.7 cm³/mol. The van der Waals surface area contributed by atoms with E-state index in [9.17, 15) is 4.79 Å². The molecule has 2 aliphatic rings. The van der Waals surface area contributed by atoms with E-state index in [2.05, 4.69) is 0 Å². The lowest BCUT2D eigenvalue weighted by atomic mass is 9.83. The van der Waals surface area contributed by atoms with Gasteiger partial charge in [-0.25, -0.2) is 4.79 Å². The number of carbonyl (C=O) groups is 1. The van der Waals surface area contributed by atoms with Crippen molar-refractivity contribution in [1.29, 1.82) is 0 Å². The van der Waals surface area contributed by atoms with Gasteiger partial charge in [0.25, 0.3) is 0 Å². The highest BCUT2D eigenvalue weighted by Crippen LogP contribution is 2.29. The van der Waals surface area contributed by atoms with Crippen LogP contribution in [0.2, 0.25) is 0 Å². The van der Waals surface area contributed by atoms with Crippen LogP contribution in [0.15, 0.2) is 0 Å². The summed E-state index contributed by atoms with van der Waals surface area (Å²) in [4.78, 5) is 14.2. The molecule has 0 aromatic rings. The van der Waals surface area contributed by atoms with E-state index in [0.717, 1.165) is 6.42 Å². The third-order valence-electron chi connectivity index (χ3n) is 4.62. The fourth-order valence-corrected chi connectivity index (χ4v) is 3.49. The monoisotopic (exact) mass is 312 g/mol. The number of carbonyl (C=O) groups excluding carboxylic acids is 1. The lowest BCUT2D eigenvalue weighted by molar-refractivity contribution is -0.0398. The third kappa shape index (κ3) is 5.13. The van der Waals surface area contributed by atoms with Crippen LogP contribution in [0.25, 0.3) is 0 Å². The Bertz CT molecular complexity index is 361. The molecule has 0 spiro atoms. The van der Waals surface area contributed by atoms with Crippen LogP contribution in [-0.2, 0) is 9.47 Å². The lowest BCUT2D eigenvalue weighted by Gasteiger charge is -2.40. The highest BCUT2D eigenvalue weighted by atomic mass is 16.6. The molecule has 5 nitrogen and oxygen atoms in total. The van der Waals surface area contributed by atoms with E-state index in [0.29, 0.717) is 25.7 Å². The van der Waals surface area contributed by atoms with Gasteiger partial charge >= 0.3 is 6.09 Å². The molecule has 128 valence electrons. The summed E-state index contributed by atoms with van der Waals surface area (Å²) in [6.45, 7) is 7.32. The number of rotatable bonds is 3. The van der Waals surface area contributed by atoms with E-state index in [1.807, 2.05) is 20.8 Å². The zero-order chi connectivity index (χ0) is 16.2. The Morgan fingerprint density at radius 2 is 2.00 bits per heavy atom. The van der Waals surface area contributed by atoms with Crippen molar-refractivity contribution in [3.8, 4) is 0 Å². The molecule has 2 unspecified atom stereocenters. The van der Waals surface area contributed by atoms with Gasteiger partial charge in [-0.1, -0.05) is 32.1 Å². The first kappa shape index (κ1) is 17.5. The summed E-state index contributed by atoms with van der Waals surface area (Å²) in [5.41, 5.74) is 5.96. The standard InChI is InChI=1S/C17H32N2O3/c1-17(2,3)22-16(20)19-9-10-21-12-15(19)14(18)11-13-7-5-4-6-8-13/h13-15H,4-12,18H2,1-3H3. The fraction of sp³-hybridized carbons (Fsp3) is 0.941. The summed E-state index contributed by atoms with van der Waals surface area (Å²) in [5, 5.41) is 0. The normalized spacial score (nSPS) is 25.8. The average molecular weight is 312 g/mol. The number of nitrogens with zero attached hydrogens (tertiary/aromatic N) is 1. The second-order valence-corrected chi connectivity index (χ2v) is 7.72. The van der Waals surface area contributed by atoms with Crippen LogP contribution < -0.4 is 5.73 Å². The Labute approximate surface area is 134 Å². The lowest BCUT2D eigenvalue weighted by Crippen LogP contribution is -2.58. The van der Waals surface area contributed by atoms with Gasteiger partial charge in [0.2, 0.25) is 0 Å². The number of morpholine rings is 1. The first-order chi connectivity index (χ1) is 10.4. The molecule has 1 amide bonds. The number of nitrogens with two attached hydrogens (primary N) is 1. The molecule has 2 atom stereocenters. The van der Waals surface area contributed by atoms with Gasteiger partial charge in [0, 0.05) is 12.6 Å². The molecule has 2 rings (SSSR count). The van der Waals surface area contributed by atoms with E-state index in [-0.39, 0.29) is 18.2 Å². The fourth-order valence-electron chi connectivity index (χ4n) is 3.49. The molecule has 1 aliphatic carbocycles. The van der Waals surface area contributed by atoms with Gasteiger partial charge in [-0.3, -0.25) is 4.90 Å². The van der Waals surface area contributed by atoms with E-state index >= 15 is 0 Å². The molecule has 1 saturated carbocycles. The summed E-state index contributed by atoms with van der Waals surface area (Å²) in [5.74, 6) is 0.700. The second-order valence-electron chi connectivity index (χ2n) is 7.72. The van der Waals surface area contributed by atoms with Crippen molar-refractivity contribution in [3.05, 3.63) is 0 Å². The molecule has 0 aromatic heterocycles. The van der Waals surface area contributed by atoms with Crippen molar-refractivity contribution in [2.45, 2.75) is 77.0 Å². The summed E-state index contributed by atoms with van der Waals surface area (Å²) >= 11 is 0. The molecule has 1 aliphatic heterocycles. The van der Waals surface area contributed by atoms with Crippen LogP contribution in [-0.4, -0.2) is 48.4 Å². The quantitative estimate of drug-likeness (QED) is 0.870. The molecule has 22 heavy (non-hydrogen) atoms. The van der Waals surface area contributed by atoms with Crippen molar-refractivity contribution < 1.29 is 14.3 Å². The summed E-state index contributed by atoms with van der Waals surface area (Å²) < 4.78 is 11.1. The highest BCUT2D eigenvalue weighted by Gasteiger charge is 2.35. The zero-order valence-corrected chi connectivity index (χ0v) is 14.3. The van der Waals surface area contributed by atoms with E-state index < -0.39 is 5.60 Å². The minimum atomic E-state index is -0.479. The first-order valence-electron chi connectivity index (χ1n) is 8.70. The molecule has 2 fully saturated rings. The second kappa shape index (κ2) is 7.64. The number of amides is 1. The maximum atomic E-state index is 12.4. The van der Waals surface area contributed by atoms with Crippen molar-refractivity contribution in [1.82, 2.24) is 4.90 Å². The number of hydrogen-bond donors (Lipinski definition) is 1. The van der Waals surface area contributed by atoms with Crippen LogP contribution in [0.4, 0.5) is 4.79 Å². The minimum absolute atomic E-state index is 0.0316. The van der Waals surface area contributed by atoms with E-state index in [1.54, 1.807) is 4.90 Å². The number of hydrogen-bond acceptors (Lipinski definition) is 4. The van der Waals surface area contributed by atoms with Gasteiger partial charge in [0.1, 0.15) is 5.60 Å². The van der Waals surface area contributed by atoms with Crippen LogP contribution in [0, 0.1) is 5.92 Å². The maximum absolute atomic E-state index is 12.4. The summed E-state index contributed by atoms with van der Waals surface area (Å²) in [6.07, 6.45) is 7.24. The molecule has 5 heteroatoms. The smallest absolute Gasteiger partial charge is 0.410 e. The SMILES string of the molecule is CC(C)(C)OC(=O)N1CCOCC1C(N)CC1CCCCC1. The molecule has 0 aromatic carbocycles. The van der Waals surface area contributed by atoms with E-state index in [4.69, 9.17) is 15.2 Å². The molecule has 1 heterocycles. The van der Waals surface area contributed by atoms with Gasteiger partial charge in [0.15, 0.2) is 0 Å². The molecule has 1 saturated heterocycles. The zero-order valence-electron chi connectivity index (χ0n) is 14.3. The van der Waals surface area contributed by atoms with Crippen molar-refractivity contribution in [2.24, 2.45) is 11.7 Å². The van der Waals surface area contributed by atoms with Crippen LogP contribution >= 0.6 is 0 Å². The van der Waals surface area contributed by atoms with Crippen molar-refractivity contribution in [3.63, 3.8) is 0 Å². The predicted octanol–water partition coefficient (Wildman–Crippen LogP) is 2.92. The van der Waals surface area contributed by atoms with Gasteiger partial charge in [-0.2, -0.15) is 0 Å². The first-order valence-corrected chi connectivity index (χ1v) is 8.70.